The number of hydrogen-bond donors (Lipinski definition) is 2. The smallest absolute Gasteiger partial charge is 0.338 e. The molecule has 0 amide bonds. The summed E-state index contributed by atoms with van der Waals surface area (Å²) in [7, 11) is 0. The van der Waals surface area contributed by atoms with Gasteiger partial charge in [-0.2, -0.15) is 0 Å². The first-order valence-corrected chi connectivity index (χ1v) is 21.6. The van der Waals surface area contributed by atoms with Gasteiger partial charge in [-0.15, -0.1) is 0 Å². The molecule has 12 nitrogen and oxygen atoms in total. The fraction of sp³-hybridized carbons (Fsp3) is 0.160. The Bertz CT molecular complexity index is 2530. The summed E-state index contributed by atoms with van der Waals surface area (Å²) in [4.78, 5) is 60.5. The molecule has 6 aromatic carbocycles. The zero-order valence-electron chi connectivity index (χ0n) is 34.5. The van der Waals surface area contributed by atoms with E-state index in [4.69, 9.17) is 40.9 Å². The molecule has 324 valence electrons. The minimum absolute atomic E-state index is 0.163. The van der Waals surface area contributed by atoms with E-state index in [1.165, 1.54) is 11.8 Å². The molecule has 7 rings (SSSR count). The Morgan fingerprint density at radius 2 is 1.02 bits per heavy atom. The van der Waals surface area contributed by atoms with Crippen LogP contribution in [0, 0.1) is 6.92 Å². The number of benzene rings is 6. The van der Waals surface area contributed by atoms with Gasteiger partial charge < -0.3 is 34.3 Å². The number of aryl methyl sites for hydroxylation is 1. The standard InChI is InChI=1S/C50H43N3O9S2/c1-33-27-29-39(30-28-33)51-49(63)53-50(64-32-34-17-7-2-8-18-34)52-44-43(62-48(57)38-25-15-6-16-26-38)42(61-47(56)37-23-13-5-14-24-37)41(60-46(55)36-21-11-4-12-22-36)40(59-44)31-58-45(54)35-19-9-3-10-20-35/h2-30,40-44H,31-32H2,1H3,(H2,51,52,53,63)/t40-,41-,42+,43-,44-/m1/s1. The molecule has 0 aliphatic carbocycles. The fourth-order valence-electron chi connectivity index (χ4n) is 6.49. The van der Waals surface area contributed by atoms with Crippen LogP contribution in [0.5, 0.6) is 0 Å². The van der Waals surface area contributed by atoms with Crippen LogP contribution >= 0.6 is 24.0 Å². The summed E-state index contributed by atoms with van der Waals surface area (Å²) < 4.78 is 31.1. The molecule has 1 aliphatic heterocycles. The Morgan fingerprint density at radius 1 is 0.578 bits per heavy atom. The van der Waals surface area contributed by atoms with Crippen LogP contribution in [0.2, 0.25) is 0 Å². The summed E-state index contributed by atoms with van der Waals surface area (Å²) in [5.41, 5.74) is 3.51. The van der Waals surface area contributed by atoms with Crippen LogP contribution in [0.15, 0.2) is 181 Å². The molecule has 64 heavy (non-hydrogen) atoms. The second-order valence-corrected chi connectivity index (χ2v) is 15.8. The third-order valence-corrected chi connectivity index (χ3v) is 10.9. The zero-order valence-corrected chi connectivity index (χ0v) is 36.1. The van der Waals surface area contributed by atoms with Crippen molar-refractivity contribution in [3.05, 3.63) is 209 Å². The Labute approximate surface area is 380 Å². The van der Waals surface area contributed by atoms with Crippen molar-refractivity contribution in [1.82, 2.24) is 5.32 Å². The molecular formula is C50H43N3O9S2. The van der Waals surface area contributed by atoms with Crippen LogP contribution in [0.25, 0.3) is 0 Å². The van der Waals surface area contributed by atoms with Gasteiger partial charge in [0.2, 0.25) is 0 Å². The van der Waals surface area contributed by atoms with Crippen molar-refractivity contribution < 1.29 is 42.9 Å². The number of amidine groups is 1. The topological polar surface area (TPSA) is 151 Å². The van der Waals surface area contributed by atoms with Crippen LogP contribution < -0.4 is 10.6 Å². The molecule has 0 aromatic heterocycles. The molecular weight excluding hydrogens is 851 g/mol. The summed E-state index contributed by atoms with van der Waals surface area (Å²) in [6.07, 6.45) is -7.51. The van der Waals surface area contributed by atoms with Gasteiger partial charge in [0.05, 0.1) is 22.3 Å². The molecule has 6 aromatic rings. The van der Waals surface area contributed by atoms with Gasteiger partial charge in [0, 0.05) is 11.4 Å². The normalized spacial score (nSPS) is 18.1. The number of hydrogen-bond acceptors (Lipinski definition) is 12. The summed E-state index contributed by atoms with van der Waals surface area (Å²) in [5.74, 6) is -2.71. The molecule has 0 spiro atoms. The predicted octanol–water partition coefficient (Wildman–Crippen LogP) is 8.83. The molecule has 1 aliphatic rings. The lowest BCUT2D eigenvalue weighted by atomic mass is 9.97. The highest BCUT2D eigenvalue weighted by atomic mass is 32.2. The fourth-order valence-corrected chi connectivity index (χ4v) is 7.62. The van der Waals surface area contributed by atoms with Crippen molar-refractivity contribution in [2.24, 2.45) is 4.99 Å². The highest BCUT2D eigenvalue weighted by molar-refractivity contribution is 8.13. The summed E-state index contributed by atoms with van der Waals surface area (Å²) in [6.45, 7) is 1.47. The van der Waals surface area contributed by atoms with E-state index in [9.17, 15) is 19.2 Å². The quantitative estimate of drug-likeness (QED) is 0.0374. The van der Waals surface area contributed by atoms with Crippen molar-refractivity contribution >= 4 is 63.8 Å². The maximum Gasteiger partial charge on any atom is 0.338 e. The van der Waals surface area contributed by atoms with Crippen molar-refractivity contribution in [2.75, 3.05) is 11.9 Å². The van der Waals surface area contributed by atoms with Crippen LogP contribution in [0.3, 0.4) is 0 Å². The van der Waals surface area contributed by atoms with Crippen LogP contribution in [-0.4, -0.2) is 71.4 Å². The van der Waals surface area contributed by atoms with Crippen molar-refractivity contribution in [1.29, 1.82) is 0 Å². The Kier molecular flexibility index (Phi) is 15.6. The SMILES string of the molecule is Cc1ccc(NC(=S)N/C(=N\[C@@H]2O[C@H](COC(=O)c3ccccc3)[C@@H](OC(=O)c3ccccc3)[C@H](OC(=O)c3ccccc3)[C@H]2OC(=O)c2ccccc2)SCc2ccccc2)cc1. The summed E-state index contributed by atoms with van der Waals surface area (Å²) in [5, 5.41) is 6.76. The Morgan fingerprint density at radius 3 is 1.52 bits per heavy atom. The van der Waals surface area contributed by atoms with E-state index in [0.29, 0.717) is 5.75 Å². The Balaban J connectivity index is 1.32. The summed E-state index contributed by atoms with van der Waals surface area (Å²) >= 11 is 7.04. The first-order chi connectivity index (χ1) is 31.2. The molecule has 0 unspecified atom stereocenters. The number of nitrogens with zero attached hydrogens (tertiary/aromatic N) is 1. The van der Waals surface area contributed by atoms with E-state index in [2.05, 4.69) is 10.6 Å². The van der Waals surface area contributed by atoms with Gasteiger partial charge in [0.15, 0.2) is 34.8 Å². The second-order valence-electron chi connectivity index (χ2n) is 14.4. The molecule has 1 saturated heterocycles. The lowest BCUT2D eigenvalue weighted by Crippen LogP contribution is -2.62. The van der Waals surface area contributed by atoms with E-state index >= 15 is 0 Å². The molecule has 0 radical (unpaired) electrons. The van der Waals surface area contributed by atoms with Crippen molar-refractivity contribution in [2.45, 2.75) is 43.3 Å². The maximum atomic E-state index is 14.1. The van der Waals surface area contributed by atoms with E-state index in [0.717, 1.165) is 16.8 Å². The van der Waals surface area contributed by atoms with Gasteiger partial charge in [0.1, 0.15) is 12.7 Å². The van der Waals surface area contributed by atoms with Crippen molar-refractivity contribution in [3.8, 4) is 0 Å². The molecule has 14 heteroatoms. The largest absolute Gasteiger partial charge is 0.459 e. The number of carbonyl (C=O) groups is 4. The van der Waals surface area contributed by atoms with Gasteiger partial charge in [-0.1, -0.05) is 133 Å². The molecule has 0 saturated carbocycles. The van der Waals surface area contributed by atoms with Crippen LogP contribution in [0.1, 0.15) is 52.6 Å². The van der Waals surface area contributed by atoms with Gasteiger partial charge in [0.25, 0.3) is 0 Å². The minimum Gasteiger partial charge on any atom is -0.459 e. The third-order valence-electron chi connectivity index (χ3n) is 9.75. The number of rotatable bonds is 13. The lowest BCUT2D eigenvalue weighted by Gasteiger charge is -2.43. The number of carbonyl (C=O) groups excluding carboxylic acids is 4. The Hall–Kier alpha value is -7.13. The monoisotopic (exact) mass is 893 g/mol. The third kappa shape index (κ3) is 12.5. The molecule has 1 heterocycles. The second kappa shape index (κ2) is 22.3. The summed E-state index contributed by atoms with van der Waals surface area (Å²) in [6, 6.07) is 50.1. The number of anilines is 1. The van der Waals surface area contributed by atoms with Crippen molar-refractivity contribution in [3.63, 3.8) is 0 Å². The number of nitrogens with one attached hydrogen (secondary N) is 2. The highest BCUT2D eigenvalue weighted by Crippen LogP contribution is 2.33. The molecule has 1 fully saturated rings. The number of aliphatic imine (C=N–C) groups is 1. The van der Waals surface area contributed by atoms with Gasteiger partial charge in [-0.25, -0.2) is 24.2 Å². The van der Waals surface area contributed by atoms with Crippen LogP contribution in [-0.2, 0) is 29.4 Å². The number of ether oxygens (including phenoxy) is 5. The number of thiocarbonyl (C=S) groups is 1. The predicted molar refractivity (Wildman–Crippen MR) is 248 cm³/mol. The van der Waals surface area contributed by atoms with Crippen LogP contribution in [0.4, 0.5) is 5.69 Å². The molecule has 5 atom stereocenters. The number of esters is 4. The lowest BCUT2D eigenvalue weighted by molar-refractivity contribution is -0.226. The first-order valence-electron chi connectivity index (χ1n) is 20.2. The average Bonchev–Trinajstić information content (AvgIpc) is 3.33. The van der Waals surface area contributed by atoms with E-state index < -0.39 is 61.1 Å². The van der Waals surface area contributed by atoms with E-state index in [-0.39, 0.29) is 32.5 Å². The molecule has 0 bridgehead atoms. The average molecular weight is 894 g/mol. The van der Waals surface area contributed by atoms with Gasteiger partial charge in [-0.05, 0) is 85.4 Å². The van der Waals surface area contributed by atoms with E-state index in [1.807, 2.05) is 61.5 Å². The van der Waals surface area contributed by atoms with Gasteiger partial charge >= 0.3 is 23.9 Å². The first kappa shape index (κ1) is 44.9. The zero-order chi connectivity index (χ0) is 44.7. The number of thioether (sulfide) groups is 1. The minimum atomic E-state index is -1.59. The van der Waals surface area contributed by atoms with E-state index in [1.54, 1.807) is 121 Å². The maximum absolute atomic E-state index is 14.1. The highest BCUT2D eigenvalue weighted by Gasteiger charge is 2.53. The van der Waals surface area contributed by atoms with Gasteiger partial charge in [-0.3, -0.25) is 0 Å². The molecule has 2 N–H and O–H groups in total.